The number of benzene rings is 1. The molecular weight excluding hydrogens is 254 g/mol. The monoisotopic (exact) mass is 273 g/mol. The Bertz CT molecular complexity index is 360. The zero-order valence-corrected chi connectivity index (χ0v) is 11.8. The van der Waals surface area contributed by atoms with E-state index >= 15 is 0 Å². The van der Waals surface area contributed by atoms with Gasteiger partial charge in [-0.3, -0.25) is 0 Å². The summed E-state index contributed by atoms with van der Waals surface area (Å²) in [6, 6.07) is 5.84. The second-order valence-electron chi connectivity index (χ2n) is 3.87. The number of alkyl halides is 1. The van der Waals surface area contributed by atoms with Crippen molar-refractivity contribution in [1.29, 1.82) is 0 Å². The average molecular weight is 274 g/mol. The largest absolute Gasteiger partial charge is 0.493 e. The Morgan fingerprint density at radius 3 is 2.50 bits per heavy atom. The fraction of sp³-hybridized carbons (Fsp3) is 0.538. The molecule has 1 aromatic rings. The maximum atomic E-state index is 6.02. The molecule has 4 nitrogen and oxygen atoms in total. The average Bonchev–Trinajstić information content (AvgIpc) is 2.38. The van der Waals surface area contributed by atoms with Gasteiger partial charge in [0.15, 0.2) is 11.5 Å². The lowest BCUT2D eigenvalue weighted by Crippen LogP contribution is -2.25. The van der Waals surface area contributed by atoms with Crippen LogP contribution in [0.25, 0.3) is 0 Å². The number of nitrogens with one attached hydrogen (secondary N) is 1. The van der Waals surface area contributed by atoms with Crippen molar-refractivity contribution in [1.82, 2.24) is 5.32 Å². The zero-order valence-electron chi connectivity index (χ0n) is 11.0. The van der Waals surface area contributed by atoms with Gasteiger partial charge in [0.2, 0.25) is 0 Å². The molecule has 0 heterocycles. The molecule has 1 aromatic carbocycles. The van der Waals surface area contributed by atoms with E-state index in [1.165, 1.54) is 0 Å². The lowest BCUT2D eigenvalue weighted by molar-refractivity contribution is 0.197. The van der Waals surface area contributed by atoms with Gasteiger partial charge in [0.1, 0.15) is 0 Å². The van der Waals surface area contributed by atoms with Crippen molar-refractivity contribution in [3.63, 3.8) is 0 Å². The Morgan fingerprint density at radius 1 is 1.17 bits per heavy atom. The first-order chi connectivity index (χ1) is 8.71. The molecule has 0 aromatic heterocycles. The van der Waals surface area contributed by atoms with E-state index in [1.54, 1.807) is 21.3 Å². The van der Waals surface area contributed by atoms with E-state index < -0.39 is 0 Å². The Hall–Kier alpha value is -0.970. The quantitative estimate of drug-likeness (QED) is 0.736. The highest BCUT2D eigenvalue weighted by atomic mass is 35.5. The van der Waals surface area contributed by atoms with E-state index in [0.29, 0.717) is 13.2 Å². The van der Waals surface area contributed by atoms with Crippen molar-refractivity contribution in [2.45, 2.75) is 11.9 Å². The molecule has 0 aliphatic heterocycles. The van der Waals surface area contributed by atoms with Crippen molar-refractivity contribution >= 4 is 11.6 Å². The molecule has 1 rings (SSSR count). The van der Waals surface area contributed by atoms with Crippen molar-refractivity contribution in [3.05, 3.63) is 23.8 Å². The van der Waals surface area contributed by atoms with Crippen LogP contribution in [0, 0.1) is 0 Å². The van der Waals surface area contributed by atoms with Gasteiger partial charge >= 0.3 is 0 Å². The van der Waals surface area contributed by atoms with E-state index in [2.05, 4.69) is 5.32 Å². The molecule has 0 amide bonds. The van der Waals surface area contributed by atoms with Crippen molar-refractivity contribution in [2.24, 2.45) is 0 Å². The van der Waals surface area contributed by atoms with Gasteiger partial charge in [0, 0.05) is 20.2 Å². The molecule has 0 aliphatic carbocycles. The van der Waals surface area contributed by atoms with Crippen LogP contribution in [-0.4, -0.2) is 39.9 Å². The van der Waals surface area contributed by atoms with Crippen LogP contribution in [0.15, 0.2) is 18.2 Å². The zero-order chi connectivity index (χ0) is 13.4. The number of hydrogen-bond acceptors (Lipinski definition) is 4. The van der Waals surface area contributed by atoms with E-state index in [9.17, 15) is 0 Å². The number of ether oxygens (including phenoxy) is 3. The Balaban J connectivity index is 2.47. The molecule has 1 unspecified atom stereocenters. The minimum absolute atomic E-state index is 0.0184. The highest BCUT2D eigenvalue weighted by Crippen LogP contribution is 2.27. The number of hydrogen-bond donors (Lipinski definition) is 1. The molecule has 0 fully saturated rings. The maximum Gasteiger partial charge on any atom is 0.161 e. The third-order valence-electron chi connectivity index (χ3n) is 2.49. The smallest absolute Gasteiger partial charge is 0.161 e. The third kappa shape index (κ3) is 4.72. The Kier molecular flexibility index (Phi) is 6.86. The van der Waals surface area contributed by atoms with Crippen molar-refractivity contribution < 1.29 is 14.2 Å². The first-order valence-electron chi connectivity index (χ1n) is 5.76. The second-order valence-corrected chi connectivity index (χ2v) is 4.49. The molecule has 1 N–H and O–H groups in total. The van der Waals surface area contributed by atoms with Gasteiger partial charge in [-0.15, -0.1) is 11.6 Å². The fourth-order valence-corrected chi connectivity index (χ4v) is 1.84. The number of halogens is 1. The molecular formula is C13H20ClNO3. The van der Waals surface area contributed by atoms with E-state index in [1.807, 2.05) is 18.2 Å². The van der Waals surface area contributed by atoms with Crippen LogP contribution in [0.5, 0.6) is 11.5 Å². The topological polar surface area (TPSA) is 39.7 Å². The highest BCUT2D eigenvalue weighted by Gasteiger charge is 2.06. The molecule has 0 spiro atoms. The summed E-state index contributed by atoms with van der Waals surface area (Å²) in [6.45, 7) is 1.97. The number of methoxy groups -OCH3 is 3. The summed E-state index contributed by atoms with van der Waals surface area (Å²) in [4.78, 5) is 0. The van der Waals surface area contributed by atoms with Crippen LogP contribution < -0.4 is 14.8 Å². The minimum Gasteiger partial charge on any atom is -0.493 e. The molecule has 18 heavy (non-hydrogen) atoms. The van der Waals surface area contributed by atoms with Gasteiger partial charge in [-0.1, -0.05) is 6.07 Å². The lowest BCUT2D eigenvalue weighted by Gasteiger charge is -2.12. The first-order valence-corrected chi connectivity index (χ1v) is 6.19. The molecule has 0 aliphatic rings. The second kappa shape index (κ2) is 8.19. The van der Waals surface area contributed by atoms with Gasteiger partial charge in [0.25, 0.3) is 0 Å². The van der Waals surface area contributed by atoms with E-state index in [-0.39, 0.29) is 5.38 Å². The summed E-state index contributed by atoms with van der Waals surface area (Å²) in [7, 11) is 4.89. The van der Waals surface area contributed by atoms with Gasteiger partial charge in [0.05, 0.1) is 26.2 Å². The summed E-state index contributed by atoms with van der Waals surface area (Å²) in [5, 5.41) is 3.25. The van der Waals surface area contributed by atoms with Gasteiger partial charge in [-0.05, 0) is 17.7 Å². The SMILES string of the molecule is COCC(Cl)CNCc1ccc(OC)c(OC)c1. The van der Waals surface area contributed by atoms with Crippen molar-refractivity contribution in [3.8, 4) is 11.5 Å². The summed E-state index contributed by atoms with van der Waals surface area (Å²) in [5.41, 5.74) is 1.12. The van der Waals surface area contributed by atoms with Gasteiger partial charge < -0.3 is 19.5 Å². The highest BCUT2D eigenvalue weighted by molar-refractivity contribution is 6.20. The van der Waals surface area contributed by atoms with Crippen molar-refractivity contribution in [2.75, 3.05) is 34.5 Å². The van der Waals surface area contributed by atoms with E-state index in [4.69, 9.17) is 25.8 Å². The standard InChI is InChI=1S/C13H20ClNO3/c1-16-9-11(14)8-15-7-10-4-5-12(17-2)13(6-10)18-3/h4-6,11,15H,7-9H2,1-3H3. The molecule has 0 bridgehead atoms. The Labute approximate surface area is 113 Å². The first kappa shape index (κ1) is 15.1. The van der Waals surface area contributed by atoms with Crippen LogP contribution in [0.1, 0.15) is 5.56 Å². The lowest BCUT2D eigenvalue weighted by atomic mass is 10.2. The van der Waals surface area contributed by atoms with Crippen LogP contribution in [0.3, 0.4) is 0 Å². The summed E-state index contributed by atoms with van der Waals surface area (Å²) < 4.78 is 15.4. The third-order valence-corrected chi connectivity index (χ3v) is 2.77. The molecule has 1 atom stereocenters. The fourth-order valence-electron chi connectivity index (χ4n) is 1.60. The minimum atomic E-state index is -0.0184. The van der Waals surface area contributed by atoms with Crippen LogP contribution in [0.2, 0.25) is 0 Å². The summed E-state index contributed by atoms with van der Waals surface area (Å²) >= 11 is 6.02. The number of rotatable bonds is 8. The normalized spacial score (nSPS) is 12.2. The summed E-state index contributed by atoms with van der Waals surface area (Å²) in [5.74, 6) is 1.46. The Morgan fingerprint density at radius 2 is 1.89 bits per heavy atom. The predicted octanol–water partition coefficient (Wildman–Crippen LogP) is 2.05. The van der Waals surface area contributed by atoms with Crippen LogP contribution in [0.4, 0.5) is 0 Å². The predicted molar refractivity (Wildman–Crippen MR) is 72.8 cm³/mol. The maximum absolute atomic E-state index is 6.02. The molecule has 0 saturated heterocycles. The van der Waals surface area contributed by atoms with Gasteiger partial charge in [-0.2, -0.15) is 0 Å². The van der Waals surface area contributed by atoms with Crippen LogP contribution in [-0.2, 0) is 11.3 Å². The molecule has 0 radical (unpaired) electrons. The molecule has 102 valence electrons. The molecule has 5 heteroatoms. The van der Waals surface area contributed by atoms with Crippen LogP contribution >= 0.6 is 11.6 Å². The summed E-state index contributed by atoms with van der Waals surface area (Å²) in [6.07, 6.45) is 0. The van der Waals surface area contributed by atoms with E-state index in [0.717, 1.165) is 23.6 Å². The molecule has 0 saturated carbocycles. The van der Waals surface area contributed by atoms with Gasteiger partial charge in [-0.25, -0.2) is 0 Å².